The molecule has 0 aromatic carbocycles. The third kappa shape index (κ3) is 3.67. The molecule has 0 bridgehead atoms. The maximum absolute atomic E-state index is 12.0. The minimum atomic E-state index is 0.305. The van der Waals surface area contributed by atoms with Crippen LogP contribution in [0.2, 0.25) is 0 Å². The molecule has 0 spiro atoms. The lowest BCUT2D eigenvalue weighted by Gasteiger charge is -2.32. The maximum Gasteiger partial charge on any atom is 0.222 e. The first-order valence-electron chi connectivity index (χ1n) is 7.11. The van der Waals surface area contributed by atoms with Gasteiger partial charge in [-0.2, -0.15) is 0 Å². The Kier molecular flexibility index (Phi) is 5.41. The van der Waals surface area contributed by atoms with E-state index in [2.05, 4.69) is 4.90 Å². The first kappa shape index (κ1) is 13.8. The van der Waals surface area contributed by atoms with Crippen LogP contribution in [0, 0.1) is 0 Å². The largest absolute Gasteiger partial charge is 0.379 e. The minimum absolute atomic E-state index is 0.305. The van der Waals surface area contributed by atoms with E-state index in [1.54, 1.807) is 0 Å². The average molecular weight is 255 g/mol. The molecule has 0 radical (unpaired) electrons. The van der Waals surface area contributed by atoms with Crippen LogP contribution in [0.4, 0.5) is 0 Å². The number of ether oxygens (including phenoxy) is 1. The monoisotopic (exact) mass is 255 g/mol. The third-order valence-electron chi connectivity index (χ3n) is 3.92. The molecule has 1 amide bonds. The smallest absolute Gasteiger partial charge is 0.222 e. The van der Waals surface area contributed by atoms with Gasteiger partial charge in [0.25, 0.3) is 0 Å². The number of amides is 1. The fraction of sp³-hybridized carbons (Fsp3) is 0.923. The van der Waals surface area contributed by atoms with E-state index >= 15 is 0 Å². The van der Waals surface area contributed by atoms with Crippen molar-refractivity contribution in [3.63, 3.8) is 0 Å². The Hall–Kier alpha value is -0.650. The standard InChI is InChI=1S/C13H25N3O2/c14-5-2-1-3-13(17)16-6-4-12(11-16)15-7-9-18-10-8-15/h12H,1-11,14H2. The molecule has 0 aromatic rings. The second kappa shape index (κ2) is 7.07. The Morgan fingerprint density at radius 2 is 2.00 bits per heavy atom. The van der Waals surface area contributed by atoms with E-state index in [-0.39, 0.29) is 0 Å². The summed E-state index contributed by atoms with van der Waals surface area (Å²) in [5, 5.41) is 0. The van der Waals surface area contributed by atoms with Crippen LogP contribution in [0.25, 0.3) is 0 Å². The summed E-state index contributed by atoms with van der Waals surface area (Å²) in [6.07, 6.45) is 3.65. The van der Waals surface area contributed by atoms with Gasteiger partial charge < -0.3 is 15.4 Å². The number of nitrogens with two attached hydrogens (primary N) is 1. The molecule has 18 heavy (non-hydrogen) atoms. The van der Waals surface area contributed by atoms with Crippen molar-refractivity contribution in [2.24, 2.45) is 5.73 Å². The molecule has 2 aliphatic heterocycles. The lowest BCUT2D eigenvalue weighted by atomic mass is 10.2. The van der Waals surface area contributed by atoms with E-state index in [4.69, 9.17) is 10.5 Å². The van der Waals surface area contributed by atoms with Crippen LogP contribution in [0.15, 0.2) is 0 Å². The predicted molar refractivity (Wildman–Crippen MR) is 70.3 cm³/mol. The second-order valence-electron chi connectivity index (χ2n) is 5.18. The van der Waals surface area contributed by atoms with Crippen LogP contribution in [0.3, 0.4) is 0 Å². The van der Waals surface area contributed by atoms with Crippen LogP contribution >= 0.6 is 0 Å². The first-order valence-corrected chi connectivity index (χ1v) is 7.11. The van der Waals surface area contributed by atoms with Crippen molar-refractivity contribution in [1.29, 1.82) is 0 Å². The number of carbonyl (C=O) groups is 1. The molecular formula is C13H25N3O2. The van der Waals surface area contributed by atoms with E-state index in [9.17, 15) is 4.79 Å². The maximum atomic E-state index is 12.0. The zero-order chi connectivity index (χ0) is 12.8. The molecular weight excluding hydrogens is 230 g/mol. The molecule has 2 heterocycles. The summed E-state index contributed by atoms with van der Waals surface area (Å²) in [6.45, 7) is 6.20. The van der Waals surface area contributed by atoms with Gasteiger partial charge in [0, 0.05) is 38.6 Å². The Bertz CT molecular complexity index is 267. The summed E-state index contributed by atoms with van der Waals surface area (Å²) in [6, 6.07) is 0.548. The van der Waals surface area contributed by atoms with Gasteiger partial charge in [-0.3, -0.25) is 9.69 Å². The number of hydrogen-bond acceptors (Lipinski definition) is 4. The number of hydrogen-bond donors (Lipinski definition) is 1. The van der Waals surface area contributed by atoms with Gasteiger partial charge in [0.1, 0.15) is 0 Å². The quantitative estimate of drug-likeness (QED) is 0.705. The van der Waals surface area contributed by atoms with Crippen LogP contribution in [0.5, 0.6) is 0 Å². The fourth-order valence-electron chi connectivity index (χ4n) is 2.79. The van der Waals surface area contributed by atoms with Gasteiger partial charge in [0.2, 0.25) is 5.91 Å². The molecule has 2 fully saturated rings. The summed E-state index contributed by atoms with van der Waals surface area (Å²) in [7, 11) is 0. The van der Waals surface area contributed by atoms with E-state index in [1.807, 2.05) is 4.90 Å². The van der Waals surface area contributed by atoms with Crippen molar-refractivity contribution < 1.29 is 9.53 Å². The lowest BCUT2D eigenvalue weighted by molar-refractivity contribution is -0.130. The Balaban J connectivity index is 1.71. The van der Waals surface area contributed by atoms with E-state index in [1.165, 1.54) is 0 Å². The number of likely N-dealkylation sites (tertiary alicyclic amines) is 1. The molecule has 2 rings (SSSR count). The summed E-state index contributed by atoms with van der Waals surface area (Å²) in [5.74, 6) is 0.305. The van der Waals surface area contributed by atoms with Crippen LogP contribution in [-0.4, -0.2) is 67.7 Å². The highest BCUT2D eigenvalue weighted by Gasteiger charge is 2.30. The molecule has 1 atom stereocenters. The molecule has 0 aliphatic carbocycles. The molecule has 0 saturated carbocycles. The van der Waals surface area contributed by atoms with Gasteiger partial charge in [-0.1, -0.05) is 0 Å². The van der Waals surface area contributed by atoms with Gasteiger partial charge in [-0.25, -0.2) is 0 Å². The van der Waals surface area contributed by atoms with Crippen molar-refractivity contribution in [3.05, 3.63) is 0 Å². The number of unbranched alkanes of at least 4 members (excludes halogenated alkanes) is 1. The van der Waals surface area contributed by atoms with Gasteiger partial charge >= 0.3 is 0 Å². The topological polar surface area (TPSA) is 58.8 Å². The molecule has 104 valence electrons. The summed E-state index contributed by atoms with van der Waals surface area (Å²) >= 11 is 0. The van der Waals surface area contributed by atoms with E-state index in [0.717, 1.165) is 58.7 Å². The van der Waals surface area contributed by atoms with Gasteiger partial charge in [0.15, 0.2) is 0 Å². The number of rotatable bonds is 5. The van der Waals surface area contributed by atoms with E-state index < -0.39 is 0 Å². The van der Waals surface area contributed by atoms with Gasteiger partial charge in [-0.05, 0) is 25.8 Å². The van der Waals surface area contributed by atoms with Crippen LogP contribution in [0.1, 0.15) is 25.7 Å². The van der Waals surface area contributed by atoms with Crippen molar-refractivity contribution >= 4 is 5.91 Å². The summed E-state index contributed by atoms with van der Waals surface area (Å²) in [5.41, 5.74) is 5.44. The zero-order valence-corrected chi connectivity index (χ0v) is 11.1. The second-order valence-corrected chi connectivity index (χ2v) is 5.18. The van der Waals surface area contributed by atoms with Gasteiger partial charge in [-0.15, -0.1) is 0 Å². The molecule has 0 aromatic heterocycles. The Labute approximate surface area is 109 Å². The molecule has 2 aliphatic rings. The highest BCUT2D eigenvalue weighted by molar-refractivity contribution is 5.76. The van der Waals surface area contributed by atoms with Crippen molar-refractivity contribution in [3.8, 4) is 0 Å². The molecule has 1 unspecified atom stereocenters. The predicted octanol–water partition coefficient (Wildman–Crippen LogP) is 0.0485. The molecule has 5 heteroatoms. The minimum Gasteiger partial charge on any atom is -0.379 e. The lowest BCUT2D eigenvalue weighted by Crippen LogP contribution is -2.45. The molecule has 2 N–H and O–H groups in total. The van der Waals surface area contributed by atoms with Crippen molar-refractivity contribution in [2.45, 2.75) is 31.7 Å². The first-order chi connectivity index (χ1) is 8.81. The van der Waals surface area contributed by atoms with Crippen molar-refractivity contribution in [1.82, 2.24) is 9.80 Å². The van der Waals surface area contributed by atoms with Gasteiger partial charge in [0.05, 0.1) is 13.2 Å². The number of morpholine rings is 1. The SMILES string of the molecule is NCCCCC(=O)N1CCC(N2CCOCC2)C1. The number of carbonyl (C=O) groups excluding carboxylic acids is 1. The fourth-order valence-corrected chi connectivity index (χ4v) is 2.79. The highest BCUT2D eigenvalue weighted by Crippen LogP contribution is 2.18. The number of nitrogens with zero attached hydrogens (tertiary/aromatic N) is 2. The molecule has 5 nitrogen and oxygen atoms in total. The van der Waals surface area contributed by atoms with Crippen molar-refractivity contribution in [2.75, 3.05) is 45.9 Å². The van der Waals surface area contributed by atoms with E-state index in [0.29, 0.717) is 24.9 Å². The third-order valence-corrected chi connectivity index (χ3v) is 3.92. The molecule has 2 saturated heterocycles. The Morgan fingerprint density at radius 3 is 2.72 bits per heavy atom. The van der Waals surface area contributed by atoms with Crippen LogP contribution in [-0.2, 0) is 9.53 Å². The normalized spacial score (nSPS) is 25.6. The zero-order valence-electron chi connectivity index (χ0n) is 11.1. The highest BCUT2D eigenvalue weighted by atomic mass is 16.5. The average Bonchev–Trinajstić information content (AvgIpc) is 2.89. The summed E-state index contributed by atoms with van der Waals surface area (Å²) in [4.78, 5) is 16.5. The summed E-state index contributed by atoms with van der Waals surface area (Å²) < 4.78 is 5.36. The Morgan fingerprint density at radius 1 is 1.22 bits per heavy atom. The van der Waals surface area contributed by atoms with Crippen LogP contribution < -0.4 is 5.73 Å².